The van der Waals surface area contributed by atoms with Crippen LogP contribution in [0.15, 0.2) is 12.1 Å². The molecule has 6 N–H and O–H groups in total. The summed E-state index contributed by atoms with van der Waals surface area (Å²) in [5.74, 6) is -0.774. The SMILES string of the molecule is O=S(=O)(O)C1(O)CCC2(O)C3Cc4ccc(O)c(O)c4C2(CCN3)C1. The maximum atomic E-state index is 11.8. The molecule has 0 spiro atoms. The number of phenols is 2. The Morgan fingerprint density at radius 3 is 2.52 bits per heavy atom. The predicted molar refractivity (Wildman–Crippen MR) is 86.9 cm³/mol. The molecular weight excluding hydrogens is 350 g/mol. The van der Waals surface area contributed by atoms with Crippen molar-refractivity contribution in [2.24, 2.45) is 0 Å². The summed E-state index contributed by atoms with van der Waals surface area (Å²) in [6.07, 6.45) is -0.155. The van der Waals surface area contributed by atoms with E-state index in [1.54, 1.807) is 6.07 Å². The fourth-order valence-electron chi connectivity index (χ4n) is 5.22. The Morgan fingerprint density at radius 1 is 1.12 bits per heavy atom. The van der Waals surface area contributed by atoms with Crippen molar-refractivity contribution in [3.8, 4) is 11.5 Å². The van der Waals surface area contributed by atoms with Crippen LogP contribution in [0.4, 0.5) is 0 Å². The first-order chi connectivity index (χ1) is 11.5. The van der Waals surface area contributed by atoms with Crippen molar-refractivity contribution in [1.82, 2.24) is 5.32 Å². The number of aliphatic hydroxyl groups is 2. The number of nitrogens with one attached hydrogen (secondary N) is 1. The summed E-state index contributed by atoms with van der Waals surface area (Å²) in [6.45, 7) is 0.447. The van der Waals surface area contributed by atoms with Gasteiger partial charge in [0.25, 0.3) is 10.1 Å². The largest absolute Gasteiger partial charge is 0.504 e. The van der Waals surface area contributed by atoms with E-state index in [-0.39, 0.29) is 36.6 Å². The lowest BCUT2D eigenvalue weighted by Gasteiger charge is -2.62. The van der Waals surface area contributed by atoms with E-state index in [0.29, 0.717) is 18.5 Å². The number of rotatable bonds is 1. The second kappa shape index (κ2) is 4.86. The molecule has 2 aliphatic carbocycles. The molecule has 1 saturated heterocycles. The van der Waals surface area contributed by atoms with Gasteiger partial charge in [-0.1, -0.05) is 6.07 Å². The van der Waals surface area contributed by atoms with E-state index < -0.39 is 38.2 Å². The summed E-state index contributed by atoms with van der Waals surface area (Å²) in [7, 11) is -4.79. The molecular formula is C16H21NO7S. The van der Waals surface area contributed by atoms with Gasteiger partial charge in [-0.3, -0.25) is 4.55 Å². The Hall–Kier alpha value is -1.39. The molecule has 3 aliphatic rings. The zero-order chi connectivity index (χ0) is 18.3. The van der Waals surface area contributed by atoms with Crippen LogP contribution < -0.4 is 5.32 Å². The summed E-state index contributed by atoms with van der Waals surface area (Å²) in [4.78, 5) is -2.41. The monoisotopic (exact) mass is 371 g/mol. The molecule has 4 rings (SSSR count). The van der Waals surface area contributed by atoms with E-state index in [4.69, 9.17) is 0 Å². The fraction of sp³-hybridized carbons (Fsp3) is 0.625. The lowest BCUT2D eigenvalue weighted by molar-refractivity contribution is -0.156. The van der Waals surface area contributed by atoms with Crippen molar-refractivity contribution in [2.75, 3.05) is 6.54 Å². The normalized spacial score (nSPS) is 40.2. The number of phenolic OH excluding ortho intramolecular Hbond substituents is 2. The van der Waals surface area contributed by atoms with Gasteiger partial charge in [0, 0.05) is 23.4 Å². The van der Waals surface area contributed by atoms with Crippen molar-refractivity contribution in [1.29, 1.82) is 0 Å². The van der Waals surface area contributed by atoms with Gasteiger partial charge in [-0.05, 0) is 43.9 Å². The molecule has 0 radical (unpaired) electrons. The second-order valence-electron chi connectivity index (χ2n) is 7.53. The average Bonchev–Trinajstić information content (AvgIpc) is 2.50. The summed E-state index contributed by atoms with van der Waals surface area (Å²) >= 11 is 0. The van der Waals surface area contributed by atoms with Crippen molar-refractivity contribution < 1.29 is 33.4 Å². The van der Waals surface area contributed by atoms with Crippen LogP contribution in [0.1, 0.15) is 36.8 Å². The van der Waals surface area contributed by atoms with Gasteiger partial charge >= 0.3 is 0 Å². The number of hydrogen-bond acceptors (Lipinski definition) is 7. The third-order valence-corrected chi connectivity index (χ3v) is 7.76. The molecule has 4 atom stereocenters. The van der Waals surface area contributed by atoms with Gasteiger partial charge in [-0.15, -0.1) is 0 Å². The van der Waals surface area contributed by atoms with Crippen molar-refractivity contribution >= 4 is 10.1 Å². The van der Waals surface area contributed by atoms with Crippen LogP contribution in [-0.2, 0) is 22.0 Å². The minimum absolute atomic E-state index is 0.0600. The number of piperidine rings is 1. The Balaban J connectivity index is 2.00. The molecule has 2 bridgehead atoms. The minimum Gasteiger partial charge on any atom is -0.504 e. The van der Waals surface area contributed by atoms with Gasteiger partial charge in [-0.25, -0.2) is 0 Å². The highest BCUT2D eigenvalue weighted by molar-refractivity contribution is 7.87. The average molecular weight is 371 g/mol. The van der Waals surface area contributed by atoms with Gasteiger partial charge in [0.15, 0.2) is 16.4 Å². The predicted octanol–water partition coefficient (Wildman–Crippen LogP) is -0.255. The van der Waals surface area contributed by atoms with Crippen LogP contribution in [0.25, 0.3) is 0 Å². The van der Waals surface area contributed by atoms with Gasteiger partial charge in [0.1, 0.15) is 0 Å². The maximum absolute atomic E-state index is 11.8. The van der Waals surface area contributed by atoms with Crippen LogP contribution in [-0.4, -0.2) is 56.5 Å². The fourth-order valence-corrected chi connectivity index (χ4v) is 6.01. The van der Waals surface area contributed by atoms with E-state index in [2.05, 4.69) is 5.32 Å². The molecule has 1 aromatic rings. The lowest BCUT2D eigenvalue weighted by Crippen LogP contribution is -2.74. The van der Waals surface area contributed by atoms with Crippen molar-refractivity contribution in [3.05, 3.63) is 23.3 Å². The van der Waals surface area contributed by atoms with Gasteiger partial charge in [0.05, 0.1) is 5.60 Å². The van der Waals surface area contributed by atoms with E-state index in [1.807, 2.05) is 0 Å². The number of aromatic hydroxyl groups is 2. The summed E-state index contributed by atoms with van der Waals surface area (Å²) in [5.41, 5.74) is -1.74. The van der Waals surface area contributed by atoms with Crippen molar-refractivity contribution in [2.45, 2.75) is 54.1 Å². The van der Waals surface area contributed by atoms with E-state index in [9.17, 15) is 33.4 Å². The standard InChI is InChI=1S/C16H21NO7S/c18-10-2-1-9-7-11-16(21)4-3-15(20,25(22,23)24)8-14(16,5-6-17-11)12(9)13(10)19/h1-2,11,17-21H,3-8H2,(H,22,23,24). The number of fused-ring (bicyclic) bond motifs is 1. The first-order valence-corrected chi connectivity index (χ1v) is 9.68. The number of benzene rings is 1. The molecule has 25 heavy (non-hydrogen) atoms. The first kappa shape index (κ1) is 17.0. The van der Waals surface area contributed by atoms with E-state index in [0.717, 1.165) is 0 Å². The number of hydrogen-bond donors (Lipinski definition) is 6. The van der Waals surface area contributed by atoms with Gasteiger partial charge in [0.2, 0.25) is 0 Å². The molecule has 1 aromatic carbocycles. The summed E-state index contributed by atoms with van der Waals surface area (Å²) in [5, 5.41) is 45.8. The third-order valence-electron chi connectivity index (χ3n) is 6.45. The van der Waals surface area contributed by atoms with Gasteiger partial charge in [-0.2, -0.15) is 8.42 Å². The zero-order valence-corrected chi connectivity index (χ0v) is 14.3. The third kappa shape index (κ3) is 1.98. The molecule has 1 heterocycles. The lowest BCUT2D eigenvalue weighted by atomic mass is 9.49. The summed E-state index contributed by atoms with van der Waals surface area (Å²) in [6, 6.07) is 2.61. The highest BCUT2D eigenvalue weighted by atomic mass is 32.2. The smallest absolute Gasteiger partial charge is 0.294 e. The Kier molecular flexibility index (Phi) is 3.31. The van der Waals surface area contributed by atoms with Crippen LogP contribution in [0.3, 0.4) is 0 Å². The van der Waals surface area contributed by atoms with Gasteiger partial charge < -0.3 is 25.7 Å². The van der Waals surface area contributed by atoms with Crippen LogP contribution >= 0.6 is 0 Å². The molecule has 1 aliphatic heterocycles. The Labute approximate surface area is 144 Å². The molecule has 8 nitrogen and oxygen atoms in total. The Bertz CT molecular complexity index is 856. The highest BCUT2D eigenvalue weighted by Gasteiger charge is 2.68. The van der Waals surface area contributed by atoms with Crippen LogP contribution in [0.2, 0.25) is 0 Å². The Morgan fingerprint density at radius 2 is 1.84 bits per heavy atom. The highest BCUT2D eigenvalue weighted by Crippen LogP contribution is 2.61. The van der Waals surface area contributed by atoms with Crippen molar-refractivity contribution in [3.63, 3.8) is 0 Å². The topological polar surface area (TPSA) is 147 Å². The van der Waals surface area contributed by atoms with Crippen LogP contribution in [0.5, 0.6) is 11.5 Å². The molecule has 0 aromatic heterocycles. The molecule has 9 heteroatoms. The first-order valence-electron chi connectivity index (χ1n) is 8.24. The molecule has 138 valence electrons. The molecule has 0 amide bonds. The second-order valence-corrected chi connectivity index (χ2v) is 9.24. The van der Waals surface area contributed by atoms with E-state index >= 15 is 0 Å². The van der Waals surface area contributed by atoms with E-state index in [1.165, 1.54) is 6.07 Å². The maximum Gasteiger partial charge on any atom is 0.294 e. The van der Waals surface area contributed by atoms with Crippen LogP contribution in [0, 0.1) is 0 Å². The molecule has 1 saturated carbocycles. The quantitative estimate of drug-likeness (QED) is 0.292. The minimum atomic E-state index is -4.79. The molecule has 2 fully saturated rings. The molecule has 4 unspecified atom stereocenters. The summed E-state index contributed by atoms with van der Waals surface area (Å²) < 4.78 is 33.2. The zero-order valence-electron chi connectivity index (χ0n) is 13.4.